The van der Waals surface area contributed by atoms with E-state index in [1.807, 2.05) is 0 Å². The third kappa shape index (κ3) is 3.16. The van der Waals surface area contributed by atoms with Gasteiger partial charge in [0.05, 0.1) is 11.9 Å². The molecule has 0 radical (unpaired) electrons. The zero-order valence-electron chi connectivity index (χ0n) is 12.0. The lowest BCUT2D eigenvalue weighted by atomic mass is 10.3. The topological polar surface area (TPSA) is 84.5 Å². The van der Waals surface area contributed by atoms with Crippen LogP contribution >= 0.6 is 0 Å². The van der Waals surface area contributed by atoms with Crippen LogP contribution in [-0.4, -0.2) is 53.8 Å². The molecule has 20 heavy (non-hydrogen) atoms. The largest absolute Gasteiger partial charge is 0.369 e. The van der Waals surface area contributed by atoms with E-state index < -0.39 is 11.9 Å². The first-order chi connectivity index (χ1) is 9.49. The summed E-state index contributed by atoms with van der Waals surface area (Å²) >= 11 is 0. The van der Waals surface area contributed by atoms with Gasteiger partial charge in [-0.1, -0.05) is 0 Å². The predicted octanol–water partition coefficient (Wildman–Crippen LogP) is -0.568. The summed E-state index contributed by atoms with van der Waals surface area (Å²) in [7, 11) is 2.09. The van der Waals surface area contributed by atoms with Crippen molar-refractivity contribution in [1.82, 2.24) is 14.7 Å². The molecular weight excluding hydrogens is 258 g/mol. The Labute approximate surface area is 118 Å². The lowest BCUT2D eigenvalue weighted by Gasteiger charge is -2.22. The van der Waals surface area contributed by atoms with Crippen molar-refractivity contribution in [3.63, 3.8) is 0 Å². The number of anilines is 1. The van der Waals surface area contributed by atoms with E-state index in [-0.39, 0.29) is 5.56 Å². The summed E-state index contributed by atoms with van der Waals surface area (Å²) < 4.78 is 1.12. The zero-order valence-corrected chi connectivity index (χ0v) is 12.0. The zero-order chi connectivity index (χ0) is 14.7. The Morgan fingerprint density at radius 3 is 2.75 bits per heavy atom. The van der Waals surface area contributed by atoms with Gasteiger partial charge in [0, 0.05) is 25.7 Å². The number of carbonyl (C=O) groups is 1. The van der Waals surface area contributed by atoms with Crippen molar-refractivity contribution >= 4 is 11.6 Å². The third-order valence-electron chi connectivity index (χ3n) is 3.67. The molecule has 0 spiro atoms. The minimum atomic E-state index is -0.730. The Hall–Kier alpha value is -1.89. The second kappa shape index (κ2) is 6.04. The first-order valence-electron chi connectivity index (χ1n) is 6.80. The molecule has 0 bridgehead atoms. The van der Waals surface area contributed by atoms with Crippen molar-refractivity contribution in [3.8, 4) is 0 Å². The molecule has 0 saturated carbocycles. The average Bonchev–Trinajstić information content (AvgIpc) is 2.62. The van der Waals surface area contributed by atoms with Crippen LogP contribution in [0, 0.1) is 0 Å². The maximum Gasteiger partial charge on any atom is 0.269 e. The van der Waals surface area contributed by atoms with Crippen LogP contribution in [0.5, 0.6) is 0 Å². The molecule has 1 aliphatic rings. The molecule has 2 rings (SSSR count). The van der Waals surface area contributed by atoms with Gasteiger partial charge in [-0.25, -0.2) is 4.68 Å². The first kappa shape index (κ1) is 14.5. The summed E-state index contributed by atoms with van der Waals surface area (Å²) in [5.74, 6) is -0.566. The Morgan fingerprint density at radius 2 is 2.10 bits per heavy atom. The fourth-order valence-electron chi connectivity index (χ4n) is 2.30. The first-order valence-corrected chi connectivity index (χ1v) is 6.80. The predicted molar refractivity (Wildman–Crippen MR) is 76.7 cm³/mol. The van der Waals surface area contributed by atoms with E-state index >= 15 is 0 Å². The molecular formula is C13H21N5O2. The summed E-state index contributed by atoms with van der Waals surface area (Å²) in [6.45, 7) is 5.35. The van der Waals surface area contributed by atoms with E-state index in [2.05, 4.69) is 21.9 Å². The number of nitrogens with zero attached hydrogens (tertiary/aromatic N) is 4. The molecule has 1 unspecified atom stereocenters. The van der Waals surface area contributed by atoms with Gasteiger partial charge in [-0.05, 0) is 26.9 Å². The average molecular weight is 279 g/mol. The highest BCUT2D eigenvalue weighted by molar-refractivity contribution is 5.77. The number of primary amides is 1. The second-order valence-corrected chi connectivity index (χ2v) is 5.22. The molecule has 0 aliphatic carbocycles. The summed E-state index contributed by atoms with van der Waals surface area (Å²) in [4.78, 5) is 27.6. The smallest absolute Gasteiger partial charge is 0.269 e. The van der Waals surface area contributed by atoms with Gasteiger partial charge < -0.3 is 15.5 Å². The molecule has 1 saturated heterocycles. The highest BCUT2D eigenvalue weighted by Crippen LogP contribution is 2.13. The van der Waals surface area contributed by atoms with E-state index in [9.17, 15) is 9.59 Å². The number of nitrogens with two attached hydrogens (primary N) is 1. The fourth-order valence-corrected chi connectivity index (χ4v) is 2.30. The van der Waals surface area contributed by atoms with Crippen LogP contribution in [-0.2, 0) is 4.79 Å². The standard InChI is InChI=1S/C13H21N5O2/c1-10(13(14)20)18-12(19)8-11(9-15-18)17-5-3-4-16(2)6-7-17/h8-10H,3-7H2,1-2H3,(H2,14,20). The molecule has 7 heteroatoms. The van der Waals surface area contributed by atoms with Gasteiger partial charge in [0.25, 0.3) is 5.56 Å². The number of aromatic nitrogens is 2. The summed E-state index contributed by atoms with van der Waals surface area (Å²) in [5.41, 5.74) is 5.70. The van der Waals surface area contributed by atoms with Crippen molar-refractivity contribution in [2.45, 2.75) is 19.4 Å². The number of rotatable bonds is 3. The number of likely N-dealkylation sites (N-methyl/N-ethyl adjacent to an activating group) is 1. The molecule has 2 N–H and O–H groups in total. The van der Waals surface area contributed by atoms with E-state index in [1.165, 1.54) is 6.07 Å². The molecule has 110 valence electrons. The van der Waals surface area contributed by atoms with Crippen LogP contribution in [0.1, 0.15) is 19.4 Å². The van der Waals surface area contributed by atoms with Crippen LogP contribution in [0.25, 0.3) is 0 Å². The number of hydrogen-bond acceptors (Lipinski definition) is 5. The number of amides is 1. The quantitative estimate of drug-likeness (QED) is 0.801. The molecule has 1 amide bonds. The number of carbonyl (C=O) groups excluding carboxylic acids is 1. The maximum atomic E-state index is 12.0. The van der Waals surface area contributed by atoms with Gasteiger partial charge in [-0.2, -0.15) is 5.10 Å². The van der Waals surface area contributed by atoms with Gasteiger partial charge in [-0.15, -0.1) is 0 Å². The van der Waals surface area contributed by atoms with Crippen molar-refractivity contribution < 1.29 is 4.79 Å². The summed E-state index contributed by atoms with van der Waals surface area (Å²) in [6.07, 6.45) is 2.68. The van der Waals surface area contributed by atoms with Crippen LogP contribution in [0.2, 0.25) is 0 Å². The summed E-state index contributed by atoms with van der Waals surface area (Å²) in [6, 6.07) is 0.796. The van der Waals surface area contributed by atoms with E-state index in [1.54, 1.807) is 13.1 Å². The van der Waals surface area contributed by atoms with Gasteiger partial charge in [0.15, 0.2) is 0 Å². The van der Waals surface area contributed by atoms with Gasteiger partial charge in [-0.3, -0.25) is 9.59 Å². The van der Waals surface area contributed by atoms with Crippen LogP contribution in [0.4, 0.5) is 5.69 Å². The van der Waals surface area contributed by atoms with Crippen molar-refractivity contribution in [1.29, 1.82) is 0 Å². The molecule has 2 heterocycles. The normalized spacial score (nSPS) is 18.6. The summed E-state index contributed by atoms with van der Waals surface area (Å²) in [5, 5.41) is 4.07. The Balaban J connectivity index is 2.20. The van der Waals surface area contributed by atoms with Crippen molar-refractivity contribution in [2.24, 2.45) is 5.73 Å². The molecule has 1 aromatic rings. The molecule has 1 fully saturated rings. The highest BCUT2D eigenvalue weighted by Gasteiger charge is 2.17. The number of hydrogen-bond donors (Lipinski definition) is 1. The monoisotopic (exact) mass is 279 g/mol. The fraction of sp³-hybridized carbons (Fsp3) is 0.615. The Kier molecular flexibility index (Phi) is 4.39. The second-order valence-electron chi connectivity index (χ2n) is 5.22. The molecule has 0 aromatic carbocycles. The van der Waals surface area contributed by atoms with Crippen molar-refractivity contribution in [2.75, 3.05) is 38.1 Å². The van der Waals surface area contributed by atoms with E-state index in [0.717, 1.165) is 43.0 Å². The van der Waals surface area contributed by atoms with Crippen LogP contribution in [0.3, 0.4) is 0 Å². The van der Waals surface area contributed by atoms with Crippen LogP contribution in [0.15, 0.2) is 17.1 Å². The van der Waals surface area contributed by atoms with Gasteiger partial charge in [0.2, 0.25) is 5.91 Å². The minimum absolute atomic E-state index is 0.300. The lowest BCUT2D eigenvalue weighted by molar-refractivity contribution is -0.121. The molecule has 7 nitrogen and oxygen atoms in total. The van der Waals surface area contributed by atoms with Gasteiger partial charge in [0.1, 0.15) is 6.04 Å². The highest BCUT2D eigenvalue weighted by atomic mass is 16.2. The SMILES string of the molecule is CC(C(N)=O)n1ncc(N2CCCN(C)CC2)cc1=O. The molecule has 1 aromatic heterocycles. The molecule has 1 atom stereocenters. The Morgan fingerprint density at radius 1 is 1.35 bits per heavy atom. The maximum absolute atomic E-state index is 12.0. The molecule has 1 aliphatic heterocycles. The Bertz CT molecular complexity index is 542. The van der Waals surface area contributed by atoms with Crippen molar-refractivity contribution in [3.05, 3.63) is 22.6 Å². The lowest BCUT2D eigenvalue weighted by Crippen LogP contribution is -2.35. The van der Waals surface area contributed by atoms with Crippen LogP contribution < -0.4 is 16.2 Å². The third-order valence-corrected chi connectivity index (χ3v) is 3.67. The van der Waals surface area contributed by atoms with Gasteiger partial charge >= 0.3 is 0 Å². The van der Waals surface area contributed by atoms with E-state index in [0.29, 0.717) is 0 Å². The minimum Gasteiger partial charge on any atom is -0.369 e. The van der Waals surface area contributed by atoms with E-state index in [4.69, 9.17) is 5.73 Å².